The summed E-state index contributed by atoms with van der Waals surface area (Å²) in [5, 5.41) is 2.86. The molecular weight excluding hydrogens is 1720 g/mol. The molecule has 0 saturated carbocycles. The topological polar surface area (TPSA) is 416 Å². The van der Waals surface area contributed by atoms with Crippen molar-refractivity contribution in [3.63, 3.8) is 0 Å². The van der Waals surface area contributed by atoms with Crippen molar-refractivity contribution in [2.75, 3.05) is 264 Å². The Kier molecular flexibility index (Phi) is 71.7. The summed E-state index contributed by atoms with van der Waals surface area (Å²) in [7, 11) is 0. The number of unbranched alkanes of at least 4 members (excludes halogenated alkanes) is 1. The lowest BCUT2D eigenvalue weighted by molar-refractivity contribution is -0.258. The highest BCUT2D eigenvalue weighted by molar-refractivity contribution is 5.85. The van der Waals surface area contributed by atoms with Gasteiger partial charge in [-0.3, -0.25) is 43.2 Å². The third kappa shape index (κ3) is 58.8. The monoisotopic (exact) mass is 1900 g/mol. The number of esters is 3. The van der Waals surface area contributed by atoms with Gasteiger partial charge in [-0.1, -0.05) is 75.7 Å². The van der Waals surface area contributed by atoms with Gasteiger partial charge in [0.2, 0.25) is 11.8 Å². The molecule has 3 aliphatic heterocycles. The Balaban J connectivity index is 1.45. The molecule has 3 saturated heterocycles. The van der Waals surface area contributed by atoms with Crippen molar-refractivity contribution in [2.45, 2.75) is 243 Å². The number of nitrogens with zero attached hydrogens (tertiary/aromatic N) is 1. The Bertz CT molecular complexity index is 2730. The molecule has 36 heteroatoms. The Hall–Kier alpha value is -4.85. The van der Waals surface area contributed by atoms with Gasteiger partial charge < -0.3 is 130 Å². The second-order valence-electron chi connectivity index (χ2n) is 35.0. The number of Topliss-reactive ketones (excluding diaryl/α,β-unsaturated/α-hetero) is 4. The van der Waals surface area contributed by atoms with Gasteiger partial charge in [-0.15, -0.1) is 0 Å². The zero-order valence-electron chi connectivity index (χ0n) is 82.7. The van der Waals surface area contributed by atoms with Crippen LogP contribution in [0.3, 0.4) is 0 Å². The fourth-order valence-corrected chi connectivity index (χ4v) is 15.0. The van der Waals surface area contributed by atoms with E-state index in [1.807, 2.05) is 6.92 Å². The molecule has 0 aromatic heterocycles. The number of hydrogen-bond donors (Lipinski definition) is 2. The van der Waals surface area contributed by atoms with E-state index in [9.17, 15) is 43.2 Å². The lowest BCUT2D eigenvalue weighted by Gasteiger charge is -2.43. The van der Waals surface area contributed by atoms with Crippen molar-refractivity contribution in [2.24, 2.45) is 64.4 Å². The molecule has 0 bridgehead atoms. The molecule has 3 heterocycles. The van der Waals surface area contributed by atoms with Crippen LogP contribution in [0.2, 0.25) is 0 Å². The summed E-state index contributed by atoms with van der Waals surface area (Å²) in [5.41, 5.74) is 4.81. The second kappa shape index (κ2) is 78.0. The van der Waals surface area contributed by atoms with Gasteiger partial charge in [-0.2, -0.15) is 0 Å². The van der Waals surface area contributed by atoms with Crippen molar-refractivity contribution in [1.29, 1.82) is 0 Å². The fourth-order valence-electron chi connectivity index (χ4n) is 15.0. The van der Waals surface area contributed by atoms with E-state index in [4.69, 9.17) is 119 Å². The van der Waals surface area contributed by atoms with E-state index in [0.29, 0.717) is 254 Å². The Morgan fingerprint density at radius 2 is 0.591 bits per heavy atom. The number of nitrogens with two attached hydrogens (primary N) is 1. The highest BCUT2D eigenvalue weighted by Gasteiger charge is 2.43. The zero-order chi connectivity index (χ0) is 96.6. The number of hydrogen-bond acceptors (Lipinski definition) is 34. The molecule has 15 unspecified atom stereocenters. The van der Waals surface area contributed by atoms with Crippen molar-refractivity contribution in [3.8, 4) is 0 Å². The molecule has 15 atom stereocenters. The first kappa shape index (κ1) is 121. The number of ketones is 4. The van der Waals surface area contributed by atoms with Gasteiger partial charge in [0, 0.05) is 194 Å². The van der Waals surface area contributed by atoms with Gasteiger partial charge in [0.15, 0.2) is 18.9 Å². The van der Waals surface area contributed by atoms with Gasteiger partial charge in [0.05, 0.1) is 177 Å². The molecule has 132 heavy (non-hydrogen) atoms. The van der Waals surface area contributed by atoms with Crippen molar-refractivity contribution < 1.29 is 157 Å². The van der Waals surface area contributed by atoms with Gasteiger partial charge in [0.25, 0.3) is 0 Å². The van der Waals surface area contributed by atoms with Crippen molar-refractivity contribution >= 4 is 52.9 Å². The molecule has 3 N–H and O–H groups in total. The summed E-state index contributed by atoms with van der Waals surface area (Å²) in [6, 6.07) is 0. The van der Waals surface area contributed by atoms with Crippen LogP contribution in [0, 0.1) is 58.7 Å². The highest BCUT2D eigenvalue weighted by atomic mass is 16.7. The van der Waals surface area contributed by atoms with Crippen LogP contribution in [0.4, 0.5) is 0 Å². The molecule has 0 radical (unpaired) electrons. The minimum atomic E-state index is -1.00. The molecule has 36 nitrogen and oxygen atoms in total. The first-order valence-corrected chi connectivity index (χ1v) is 48.9. The summed E-state index contributed by atoms with van der Waals surface area (Å²) in [5.74, 6) is 0.665. The number of ether oxygens (including phenoxy) is 24. The lowest BCUT2D eigenvalue weighted by atomic mass is 9.79. The molecule has 0 aromatic carbocycles. The SMILES string of the molecule is CCCCC(=O)N(CCN)CCNC(=O)CCC(=O)CC(COCCCOCCC(=O)CCCOCCOCCOCCOC1OC(COC(C)=O)C(C)C(C)C1C)(COCCCOCCC(=O)CCCOCCOCCOCCOC1OC(COC(C)=O)C(C)C(C)C1C)COCCCOCCC(=O)CCCOCCOCCOCCOC1OC(COC(C)=O)C(C)C(C)C1C. The Labute approximate surface area is 787 Å². The molecule has 3 aliphatic rings. The van der Waals surface area contributed by atoms with E-state index in [0.717, 1.165) is 12.8 Å². The molecule has 0 spiro atoms. The predicted octanol–water partition coefficient (Wildman–Crippen LogP) is 9.08. The molecule has 3 rings (SSSR count). The van der Waals surface area contributed by atoms with Crippen LogP contribution < -0.4 is 11.1 Å². The quantitative estimate of drug-likeness (QED) is 0.0325. The van der Waals surface area contributed by atoms with E-state index in [2.05, 4.69) is 67.6 Å². The fraction of sp³-hybridized carbons (Fsp3) is 0.906. The molecule has 0 aliphatic carbocycles. The molecule has 770 valence electrons. The summed E-state index contributed by atoms with van der Waals surface area (Å²) < 4.78 is 140. The predicted molar refractivity (Wildman–Crippen MR) is 488 cm³/mol. The number of carbonyl (C=O) groups excluding carboxylic acids is 9. The van der Waals surface area contributed by atoms with Crippen LogP contribution >= 0.6 is 0 Å². The number of amides is 2. The van der Waals surface area contributed by atoms with E-state index in [-0.39, 0.29) is 238 Å². The summed E-state index contributed by atoms with van der Waals surface area (Å²) in [4.78, 5) is 114. The smallest absolute Gasteiger partial charge is 0.302 e. The van der Waals surface area contributed by atoms with Crippen molar-refractivity contribution in [3.05, 3.63) is 0 Å². The minimum absolute atomic E-state index is 0.0255. The Morgan fingerprint density at radius 3 is 0.894 bits per heavy atom. The number of nitrogens with one attached hydrogen (secondary N) is 1. The molecule has 3 fully saturated rings. The largest absolute Gasteiger partial charge is 0.463 e. The molecule has 2 amide bonds. The number of rotatable bonds is 88. The minimum Gasteiger partial charge on any atom is -0.463 e. The third-order valence-corrected chi connectivity index (χ3v) is 24.2. The summed E-state index contributed by atoms with van der Waals surface area (Å²) >= 11 is 0. The first-order chi connectivity index (χ1) is 63.7. The average Bonchev–Trinajstić information content (AvgIpc) is 0.839. The van der Waals surface area contributed by atoms with E-state index >= 15 is 0 Å². The van der Waals surface area contributed by atoms with Gasteiger partial charge in [-0.05, 0) is 80.5 Å². The van der Waals surface area contributed by atoms with Crippen LogP contribution in [0.15, 0.2) is 0 Å². The zero-order valence-corrected chi connectivity index (χ0v) is 82.7. The van der Waals surface area contributed by atoms with Gasteiger partial charge in [-0.25, -0.2) is 0 Å². The standard InChI is InChI=1S/C96H173N3O33/c1-14-15-25-92(108)99(33-31-97)34-32-98-91(107)27-26-87(106)65-96(69-121-41-19-38-109-44-28-84(103)22-16-35-112-47-50-115-53-56-118-59-62-124-93-78(8)72(2)75(5)88(130-93)66-127-81(11)100,70-122-42-20-39-110-45-29-85(104)23-17-36-113-48-51-116-54-57-119-60-63-125-94-79(9)73(3)76(6)89(131-94)67-128-82(12)101)71-123-43-21-40-111-46-30-86(105)24-18-37-114-49-52-117-55-58-120-61-64-126-95-80(10)74(4)77(7)90(132-95)68-129-83(13)102/h72-80,88-90,93-95H,14-71,97H2,1-13H3,(H,98,107). The van der Waals surface area contributed by atoms with Gasteiger partial charge in [0.1, 0.15) is 43.0 Å². The molecular formula is C96H173N3O33. The summed E-state index contributed by atoms with van der Waals surface area (Å²) in [6.07, 6.45) is 4.74. The Morgan fingerprint density at radius 1 is 0.303 bits per heavy atom. The van der Waals surface area contributed by atoms with Crippen LogP contribution in [0.25, 0.3) is 0 Å². The maximum absolute atomic E-state index is 14.1. The second-order valence-corrected chi connectivity index (χ2v) is 35.0. The van der Waals surface area contributed by atoms with Crippen LogP contribution in [0.5, 0.6) is 0 Å². The van der Waals surface area contributed by atoms with E-state index in [1.165, 1.54) is 20.8 Å². The lowest BCUT2D eigenvalue weighted by Crippen LogP contribution is -2.48. The van der Waals surface area contributed by atoms with Crippen LogP contribution in [-0.4, -0.2) is 359 Å². The third-order valence-electron chi connectivity index (χ3n) is 24.2. The maximum atomic E-state index is 14.1. The maximum Gasteiger partial charge on any atom is 0.302 e. The van der Waals surface area contributed by atoms with Crippen LogP contribution in [0.1, 0.15) is 206 Å². The van der Waals surface area contributed by atoms with Crippen LogP contribution in [-0.2, 0) is 157 Å². The normalized spacial score (nSPS) is 22.5. The number of carbonyl (C=O) groups is 9. The highest BCUT2D eigenvalue weighted by Crippen LogP contribution is 2.39. The van der Waals surface area contributed by atoms with E-state index in [1.54, 1.807) is 4.90 Å². The van der Waals surface area contributed by atoms with Gasteiger partial charge >= 0.3 is 17.9 Å². The van der Waals surface area contributed by atoms with E-state index < -0.39 is 24.3 Å². The summed E-state index contributed by atoms with van der Waals surface area (Å²) in [6.45, 7) is 37.5. The average molecular weight is 1900 g/mol. The van der Waals surface area contributed by atoms with Crippen molar-refractivity contribution in [1.82, 2.24) is 10.2 Å². The first-order valence-electron chi connectivity index (χ1n) is 48.9. The molecule has 0 aromatic rings.